The molecular weight excluding hydrogens is 282 g/mol. The van der Waals surface area contributed by atoms with Crippen molar-refractivity contribution in [2.75, 3.05) is 0 Å². The van der Waals surface area contributed by atoms with Crippen molar-refractivity contribution >= 4 is 0 Å². The molecule has 0 saturated heterocycles. The van der Waals surface area contributed by atoms with Gasteiger partial charge in [-0.15, -0.1) is 0 Å². The van der Waals surface area contributed by atoms with Crippen LogP contribution in [0.25, 0.3) is 0 Å². The summed E-state index contributed by atoms with van der Waals surface area (Å²) in [5.74, 6) is 0. The Morgan fingerprint density at radius 1 is 0.783 bits per heavy atom. The van der Waals surface area contributed by atoms with Crippen molar-refractivity contribution in [1.29, 1.82) is 0 Å². The van der Waals surface area contributed by atoms with E-state index in [1.165, 1.54) is 5.56 Å². The zero-order valence-electron chi connectivity index (χ0n) is 13.4. The Morgan fingerprint density at radius 2 is 1.39 bits per heavy atom. The average molecular weight is 303 g/mol. The number of pyridine rings is 1. The van der Waals surface area contributed by atoms with Gasteiger partial charge in [-0.2, -0.15) is 0 Å². The lowest BCUT2D eigenvalue weighted by atomic mass is 10.0. The van der Waals surface area contributed by atoms with Crippen LogP contribution in [0.2, 0.25) is 0 Å². The average Bonchev–Trinajstić information content (AvgIpc) is 2.60. The van der Waals surface area contributed by atoms with Gasteiger partial charge in [0.2, 0.25) is 0 Å². The topological polar surface area (TPSA) is 22.0 Å². The molecular formula is C21H21NO. The van der Waals surface area contributed by atoms with Crippen LogP contribution in [0.1, 0.15) is 22.3 Å². The number of hydrogen-bond acceptors (Lipinski definition) is 1. The molecule has 2 nitrogen and oxygen atoms in total. The maximum atomic E-state index is 12.6. The second-order valence-corrected chi connectivity index (χ2v) is 5.87. The van der Waals surface area contributed by atoms with Crippen molar-refractivity contribution in [3.63, 3.8) is 0 Å². The number of hydrogen-bond donors (Lipinski definition) is 0. The predicted octanol–water partition coefficient (Wildman–Crippen LogP) is 3.99. The molecule has 1 aromatic heterocycles. The molecule has 3 rings (SSSR count). The highest BCUT2D eigenvalue weighted by Gasteiger charge is 2.06. The Labute approximate surface area is 137 Å². The Kier molecular flexibility index (Phi) is 4.72. The Bertz CT molecular complexity index is 819. The summed E-state index contributed by atoms with van der Waals surface area (Å²) >= 11 is 0. The Balaban J connectivity index is 1.76. The summed E-state index contributed by atoms with van der Waals surface area (Å²) in [5.41, 5.74) is 4.56. The van der Waals surface area contributed by atoms with Crippen molar-refractivity contribution in [1.82, 2.24) is 4.57 Å². The summed E-state index contributed by atoms with van der Waals surface area (Å²) in [5, 5.41) is 0. The second-order valence-electron chi connectivity index (χ2n) is 5.87. The molecule has 0 N–H and O–H groups in total. The lowest BCUT2D eigenvalue weighted by molar-refractivity contribution is 0.744. The highest BCUT2D eigenvalue weighted by Crippen LogP contribution is 2.10. The van der Waals surface area contributed by atoms with E-state index in [0.717, 1.165) is 29.5 Å². The summed E-state index contributed by atoms with van der Waals surface area (Å²) in [6.07, 6.45) is 3.78. The minimum absolute atomic E-state index is 0.111. The normalized spacial score (nSPS) is 10.7. The van der Waals surface area contributed by atoms with Gasteiger partial charge in [0.1, 0.15) is 0 Å². The molecule has 2 heteroatoms. The Hall–Kier alpha value is -2.61. The van der Waals surface area contributed by atoms with Gasteiger partial charge in [0, 0.05) is 11.8 Å². The van der Waals surface area contributed by atoms with Crippen molar-refractivity contribution < 1.29 is 0 Å². The second kappa shape index (κ2) is 7.10. The zero-order chi connectivity index (χ0) is 16.1. The Morgan fingerprint density at radius 3 is 2.04 bits per heavy atom. The van der Waals surface area contributed by atoms with Crippen LogP contribution in [0, 0.1) is 6.92 Å². The standard InChI is InChI=1S/C21H21NO/c1-17-20(13-12-18-8-4-2-5-9-18)14-15-22(21(17)23)16-19-10-6-3-7-11-19/h2-11,14-15H,12-13,16H2,1H3. The van der Waals surface area contributed by atoms with Crippen LogP contribution in [0.4, 0.5) is 0 Å². The summed E-state index contributed by atoms with van der Waals surface area (Å²) in [6.45, 7) is 2.56. The quantitative estimate of drug-likeness (QED) is 0.698. The first kappa shape index (κ1) is 15.3. The third kappa shape index (κ3) is 3.78. The van der Waals surface area contributed by atoms with Gasteiger partial charge in [-0.1, -0.05) is 60.7 Å². The van der Waals surface area contributed by atoms with E-state index in [0.29, 0.717) is 6.54 Å². The van der Waals surface area contributed by atoms with E-state index in [-0.39, 0.29) is 5.56 Å². The van der Waals surface area contributed by atoms with Gasteiger partial charge in [0.05, 0.1) is 6.54 Å². The molecule has 0 fully saturated rings. The number of aryl methyl sites for hydroxylation is 2. The van der Waals surface area contributed by atoms with Gasteiger partial charge in [-0.25, -0.2) is 0 Å². The molecule has 1 heterocycles. The van der Waals surface area contributed by atoms with Crippen LogP contribution in [0.15, 0.2) is 77.7 Å². The molecule has 23 heavy (non-hydrogen) atoms. The van der Waals surface area contributed by atoms with E-state index in [1.54, 1.807) is 4.57 Å². The highest BCUT2D eigenvalue weighted by atomic mass is 16.1. The van der Waals surface area contributed by atoms with E-state index in [9.17, 15) is 4.79 Å². The lowest BCUT2D eigenvalue weighted by Crippen LogP contribution is -2.23. The molecule has 0 spiro atoms. The molecule has 0 atom stereocenters. The van der Waals surface area contributed by atoms with Crippen molar-refractivity contribution in [3.05, 3.63) is 106 Å². The monoisotopic (exact) mass is 303 g/mol. The van der Waals surface area contributed by atoms with Crippen LogP contribution < -0.4 is 5.56 Å². The molecule has 3 aromatic rings. The van der Waals surface area contributed by atoms with E-state index < -0.39 is 0 Å². The summed E-state index contributed by atoms with van der Waals surface area (Å²) in [6, 6.07) is 22.6. The van der Waals surface area contributed by atoms with Crippen LogP contribution in [0.3, 0.4) is 0 Å². The smallest absolute Gasteiger partial charge is 0.254 e. The minimum atomic E-state index is 0.111. The molecule has 116 valence electrons. The lowest BCUT2D eigenvalue weighted by Gasteiger charge is -2.11. The number of rotatable bonds is 5. The highest BCUT2D eigenvalue weighted by molar-refractivity contribution is 5.26. The van der Waals surface area contributed by atoms with Gasteiger partial charge >= 0.3 is 0 Å². The fraction of sp³-hybridized carbons (Fsp3) is 0.190. The van der Waals surface area contributed by atoms with Crippen molar-refractivity contribution in [2.24, 2.45) is 0 Å². The van der Waals surface area contributed by atoms with Crippen LogP contribution in [-0.4, -0.2) is 4.57 Å². The summed E-state index contributed by atoms with van der Waals surface area (Å²) < 4.78 is 1.79. The molecule has 2 aromatic carbocycles. The molecule has 0 bridgehead atoms. The third-order valence-electron chi connectivity index (χ3n) is 4.24. The summed E-state index contributed by atoms with van der Waals surface area (Å²) in [4.78, 5) is 12.6. The van der Waals surface area contributed by atoms with Crippen molar-refractivity contribution in [3.8, 4) is 0 Å². The predicted molar refractivity (Wildman–Crippen MR) is 94.8 cm³/mol. The van der Waals surface area contributed by atoms with Gasteiger partial charge < -0.3 is 4.57 Å². The number of aromatic nitrogens is 1. The van der Waals surface area contributed by atoms with E-state index >= 15 is 0 Å². The van der Waals surface area contributed by atoms with Gasteiger partial charge in [0.25, 0.3) is 5.56 Å². The van der Waals surface area contributed by atoms with Crippen LogP contribution in [-0.2, 0) is 19.4 Å². The fourth-order valence-corrected chi connectivity index (χ4v) is 2.82. The minimum Gasteiger partial charge on any atom is -0.311 e. The first-order valence-corrected chi connectivity index (χ1v) is 8.01. The SMILES string of the molecule is Cc1c(CCc2ccccc2)ccn(Cc2ccccc2)c1=O. The van der Waals surface area contributed by atoms with Crippen LogP contribution >= 0.6 is 0 Å². The molecule has 0 unspecified atom stereocenters. The fourth-order valence-electron chi connectivity index (χ4n) is 2.82. The molecule has 0 aliphatic carbocycles. The first-order valence-electron chi connectivity index (χ1n) is 8.01. The largest absolute Gasteiger partial charge is 0.311 e. The molecule has 0 aliphatic heterocycles. The van der Waals surface area contributed by atoms with E-state index in [2.05, 4.69) is 30.3 Å². The first-order chi connectivity index (χ1) is 11.2. The van der Waals surface area contributed by atoms with E-state index in [1.807, 2.05) is 49.5 Å². The summed E-state index contributed by atoms with van der Waals surface area (Å²) in [7, 11) is 0. The van der Waals surface area contributed by atoms with Gasteiger partial charge in [0.15, 0.2) is 0 Å². The maximum Gasteiger partial charge on any atom is 0.254 e. The molecule has 0 aliphatic rings. The zero-order valence-corrected chi connectivity index (χ0v) is 13.4. The number of benzene rings is 2. The maximum absolute atomic E-state index is 12.6. The molecule has 0 radical (unpaired) electrons. The van der Waals surface area contributed by atoms with Crippen LogP contribution in [0.5, 0.6) is 0 Å². The third-order valence-corrected chi connectivity index (χ3v) is 4.24. The van der Waals surface area contributed by atoms with Gasteiger partial charge in [-0.05, 0) is 42.5 Å². The molecule has 0 amide bonds. The molecule has 0 saturated carbocycles. The van der Waals surface area contributed by atoms with E-state index in [4.69, 9.17) is 0 Å². The van der Waals surface area contributed by atoms with Crippen molar-refractivity contribution in [2.45, 2.75) is 26.3 Å². The van der Waals surface area contributed by atoms with Gasteiger partial charge in [-0.3, -0.25) is 4.79 Å². The number of nitrogens with zero attached hydrogens (tertiary/aromatic N) is 1.